The van der Waals surface area contributed by atoms with E-state index in [1.54, 1.807) is 6.20 Å². The first-order chi connectivity index (χ1) is 14.2. The lowest BCUT2D eigenvalue weighted by atomic mass is 10.1. The highest BCUT2D eigenvalue weighted by Gasteiger charge is 2.15. The normalized spacial score (nSPS) is 12.1. The number of imidazole rings is 1. The lowest BCUT2D eigenvalue weighted by Gasteiger charge is -2.12. The van der Waals surface area contributed by atoms with Crippen LogP contribution in [-0.4, -0.2) is 27.2 Å². The van der Waals surface area contributed by atoms with Gasteiger partial charge in [-0.05, 0) is 41.8 Å². The SMILES string of the molecule is CCc1ccc(-c2nc3cccnc3n2-c2ccc(CC(N)OC=O)cc2)cc1. The van der Waals surface area contributed by atoms with Crippen LogP contribution in [0.25, 0.3) is 28.2 Å². The molecule has 6 heteroatoms. The smallest absolute Gasteiger partial charge is 0.294 e. The maximum Gasteiger partial charge on any atom is 0.294 e. The van der Waals surface area contributed by atoms with Crippen LogP contribution in [0.2, 0.25) is 0 Å². The molecule has 0 aliphatic rings. The number of nitrogens with two attached hydrogens (primary N) is 1. The van der Waals surface area contributed by atoms with Gasteiger partial charge >= 0.3 is 0 Å². The van der Waals surface area contributed by atoms with Crippen molar-refractivity contribution in [1.29, 1.82) is 0 Å². The third kappa shape index (κ3) is 3.88. The molecule has 146 valence electrons. The number of hydrogen-bond acceptors (Lipinski definition) is 5. The summed E-state index contributed by atoms with van der Waals surface area (Å²) >= 11 is 0. The number of fused-ring (bicyclic) bond motifs is 1. The number of pyridine rings is 1. The molecular formula is C23H22N4O2. The van der Waals surface area contributed by atoms with Gasteiger partial charge in [0.2, 0.25) is 0 Å². The van der Waals surface area contributed by atoms with Gasteiger partial charge in [-0.2, -0.15) is 0 Å². The van der Waals surface area contributed by atoms with Gasteiger partial charge < -0.3 is 4.74 Å². The molecule has 6 nitrogen and oxygen atoms in total. The van der Waals surface area contributed by atoms with Crippen molar-refractivity contribution in [1.82, 2.24) is 14.5 Å². The Balaban J connectivity index is 1.77. The van der Waals surface area contributed by atoms with E-state index in [1.807, 2.05) is 36.4 Å². The minimum Gasteiger partial charge on any atom is -0.449 e. The molecule has 4 rings (SSSR count). The Morgan fingerprint density at radius 1 is 1.07 bits per heavy atom. The molecule has 0 spiro atoms. The zero-order valence-electron chi connectivity index (χ0n) is 16.2. The molecule has 4 aromatic rings. The molecule has 0 saturated carbocycles. The molecule has 0 aliphatic carbocycles. The maximum absolute atomic E-state index is 10.4. The van der Waals surface area contributed by atoms with Crippen molar-refractivity contribution in [2.24, 2.45) is 5.73 Å². The van der Waals surface area contributed by atoms with Crippen LogP contribution in [0.1, 0.15) is 18.1 Å². The predicted molar refractivity (Wildman–Crippen MR) is 113 cm³/mol. The topological polar surface area (TPSA) is 83.0 Å². The largest absolute Gasteiger partial charge is 0.449 e. The highest BCUT2D eigenvalue weighted by atomic mass is 16.5. The van der Waals surface area contributed by atoms with E-state index < -0.39 is 6.23 Å². The number of benzene rings is 2. The minimum atomic E-state index is -0.651. The van der Waals surface area contributed by atoms with E-state index in [2.05, 4.69) is 40.7 Å². The summed E-state index contributed by atoms with van der Waals surface area (Å²) in [5.74, 6) is 0.843. The Morgan fingerprint density at radius 2 is 1.79 bits per heavy atom. The molecule has 2 heterocycles. The van der Waals surface area contributed by atoms with E-state index in [0.717, 1.165) is 40.2 Å². The summed E-state index contributed by atoms with van der Waals surface area (Å²) in [6.07, 6.45) is 2.57. The van der Waals surface area contributed by atoms with Gasteiger partial charge in [-0.25, -0.2) is 9.97 Å². The molecular weight excluding hydrogens is 364 g/mol. The molecule has 0 amide bonds. The number of ether oxygens (including phenoxy) is 1. The first-order valence-electron chi connectivity index (χ1n) is 9.56. The van der Waals surface area contributed by atoms with Crippen LogP contribution in [-0.2, 0) is 22.4 Å². The highest BCUT2D eigenvalue weighted by Crippen LogP contribution is 2.28. The van der Waals surface area contributed by atoms with Gasteiger partial charge in [0.25, 0.3) is 6.47 Å². The first-order valence-corrected chi connectivity index (χ1v) is 9.56. The van der Waals surface area contributed by atoms with Crippen LogP contribution < -0.4 is 5.73 Å². The average Bonchev–Trinajstić information content (AvgIpc) is 3.14. The number of aryl methyl sites for hydroxylation is 1. The van der Waals surface area contributed by atoms with E-state index in [-0.39, 0.29) is 0 Å². The van der Waals surface area contributed by atoms with Crippen LogP contribution in [0, 0.1) is 0 Å². The fraction of sp³-hybridized carbons (Fsp3) is 0.174. The van der Waals surface area contributed by atoms with Gasteiger partial charge in [-0.3, -0.25) is 15.1 Å². The summed E-state index contributed by atoms with van der Waals surface area (Å²) in [5, 5.41) is 0. The van der Waals surface area contributed by atoms with Crippen molar-refractivity contribution < 1.29 is 9.53 Å². The Morgan fingerprint density at radius 3 is 2.48 bits per heavy atom. The molecule has 0 radical (unpaired) electrons. The molecule has 0 bridgehead atoms. The van der Waals surface area contributed by atoms with Crippen molar-refractivity contribution in [2.45, 2.75) is 26.0 Å². The highest BCUT2D eigenvalue weighted by molar-refractivity contribution is 5.80. The zero-order chi connectivity index (χ0) is 20.2. The second kappa shape index (κ2) is 8.24. The third-order valence-electron chi connectivity index (χ3n) is 4.90. The van der Waals surface area contributed by atoms with Gasteiger partial charge in [-0.1, -0.05) is 43.3 Å². The second-order valence-corrected chi connectivity index (χ2v) is 6.81. The van der Waals surface area contributed by atoms with Gasteiger partial charge in [0.15, 0.2) is 11.9 Å². The minimum absolute atomic E-state index is 0.373. The number of rotatable bonds is 7. The Labute approximate surface area is 169 Å². The van der Waals surface area contributed by atoms with Crippen molar-refractivity contribution in [3.05, 3.63) is 78.0 Å². The van der Waals surface area contributed by atoms with E-state index >= 15 is 0 Å². The van der Waals surface area contributed by atoms with Gasteiger partial charge in [-0.15, -0.1) is 0 Å². The van der Waals surface area contributed by atoms with E-state index in [0.29, 0.717) is 12.9 Å². The lowest BCUT2D eigenvalue weighted by Crippen LogP contribution is -2.25. The predicted octanol–water partition coefficient (Wildman–Crippen LogP) is 3.65. The molecule has 0 fully saturated rings. The number of nitrogens with zero attached hydrogens (tertiary/aromatic N) is 3. The molecule has 2 aromatic carbocycles. The summed E-state index contributed by atoms with van der Waals surface area (Å²) < 4.78 is 6.83. The van der Waals surface area contributed by atoms with E-state index in [4.69, 9.17) is 15.5 Å². The Kier molecular flexibility index (Phi) is 5.35. The fourth-order valence-corrected chi connectivity index (χ4v) is 3.37. The zero-order valence-corrected chi connectivity index (χ0v) is 16.2. The van der Waals surface area contributed by atoms with Crippen LogP contribution >= 0.6 is 0 Å². The molecule has 0 aliphatic heterocycles. The quantitative estimate of drug-likeness (QED) is 0.387. The second-order valence-electron chi connectivity index (χ2n) is 6.81. The molecule has 0 saturated heterocycles. The Hall–Kier alpha value is -3.51. The molecule has 1 atom stereocenters. The van der Waals surface area contributed by atoms with Gasteiger partial charge in [0.05, 0.1) is 0 Å². The molecule has 29 heavy (non-hydrogen) atoms. The van der Waals surface area contributed by atoms with Crippen molar-refractivity contribution in [3.63, 3.8) is 0 Å². The summed E-state index contributed by atoms with van der Waals surface area (Å²) in [4.78, 5) is 19.8. The van der Waals surface area contributed by atoms with Crippen molar-refractivity contribution in [2.75, 3.05) is 0 Å². The van der Waals surface area contributed by atoms with Crippen molar-refractivity contribution >= 4 is 17.6 Å². The van der Waals surface area contributed by atoms with Crippen LogP contribution in [0.15, 0.2) is 66.9 Å². The summed E-state index contributed by atoms with van der Waals surface area (Å²) in [5.41, 5.74) is 11.7. The van der Waals surface area contributed by atoms with Gasteiger partial charge in [0, 0.05) is 23.9 Å². The summed E-state index contributed by atoms with van der Waals surface area (Å²) in [6.45, 7) is 2.51. The summed E-state index contributed by atoms with van der Waals surface area (Å²) in [7, 11) is 0. The van der Waals surface area contributed by atoms with Crippen LogP contribution in [0.3, 0.4) is 0 Å². The standard InChI is InChI=1S/C23H22N4O2/c1-2-16-5-9-18(10-6-16)22-26-20-4-3-13-25-23(20)27(22)19-11-7-17(8-12-19)14-21(24)29-15-28/h3-13,15,21H,2,14,24H2,1H3. The van der Waals surface area contributed by atoms with Crippen LogP contribution in [0.4, 0.5) is 0 Å². The number of hydrogen-bond donors (Lipinski definition) is 1. The van der Waals surface area contributed by atoms with Gasteiger partial charge in [0.1, 0.15) is 11.3 Å². The lowest BCUT2D eigenvalue weighted by molar-refractivity contribution is -0.133. The summed E-state index contributed by atoms with van der Waals surface area (Å²) in [6, 6.07) is 20.3. The fourth-order valence-electron chi connectivity index (χ4n) is 3.37. The first kappa shape index (κ1) is 18.8. The number of carbonyl (C=O) groups is 1. The van der Waals surface area contributed by atoms with Crippen molar-refractivity contribution in [3.8, 4) is 17.1 Å². The molecule has 2 N–H and O–H groups in total. The van der Waals surface area contributed by atoms with Crippen LogP contribution in [0.5, 0.6) is 0 Å². The Bertz CT molecular complexity index is 1120. The molecule has 2 aromatic heterocycles. The van der Waals surface area contributed by atoms with E-state index in [1.165, 1.54) is 5.56 Å². The van der Waals surface area contributed by atoms with E-state index in [9.17, 15) is 4.79 Å². The number of aromatic nitrogens is 3. The average molecular weight is 386 g/mol. The third-order valence-corrected chi connectivity index (χ3v) is 4.90. The molecule has 1 unspecified atom stereocenters. The monoisotopic (exact) mass is 386 g/mol. The number of carbonyl (C=O) groups excluding carboxylic acids is 1. The maximum atomic E-state index is 10.4.